The normalized spacial score (nSPS) is 19.6. The quantitative estimate of drug-likeness (QED) is 0.610. The predicted octanol–water partition coefficient (Wildman–Crippen LogP) is 3.58. The number of hydrogen-bond acceptors (Lipinski definition) is 5. The first-order valence-corrected chi connectivity index (χ1v) is 11.9. The van der Waals surface area contributed by atoms with Crippen molar-refractivity contribution in [2.75, 3.05) is 18.4 Å². The number of nitrogens with one attached hydrogen (secondary N) is 1. The van der Waals surface area contributed by atoms with Gasteiger partial charge in [0.25, 0.3) is 5.91 Å². The van der Waals surface area contributed by atoms with Crippen molar-refractivity contribution >= 4 is 33.3 Å². The summed E-state index contributed by atoms with van der Waals surface area (Å²) in [4.78, 5) is 12.7. The monoisotopic (exact) mass is 474 g/mol. The van der Waals surface area contributed by atoms with Crippen LogP contribution in [0.15, 0.2) is 65.7 Å². The van der Waals surface area contributed by atoms with Gasteiger partial charge in [-0.15, -0.1) is 0 Å². The molecule has 168 valence electrons. The number of anilines is 1. The van der Waals surface area contributed by atoms with Gasteiger partial charge in [0.2, 0.25) is 10.0 Å². The summed E-state index contributed by atoms with van der Waals surface area (Å²) in [7, 11) is -3.90. The molecule has 1 aliphatic rings. The summed E-state index contributed by atoms with van der Waals surface area (Å²) < 4.78 is 35.1. The highest BCUT2D eigenvalue weighted by Crippen LogP contribution is 2.28. The average molecular weight is 475 g/mol. The molecule has 32 heavy (non-hydrogen) atoms. The van der Waals surface area contributed by atoms with Gasteiger partial charge in [-0.25, -0.2) is 13.1 Å². The highest BCUT2D eigenvalue weighted by molar-refractivity contribution is 7.89. The van der Waals surface area contributed by atoms with Crippen LogP contribution in [0, 0.1) is 0 Å². The van der Waals surface area contributed by atoms with Gasteiger partial charge in [-0.2, -0.15) is 9.40 Å². The molecular formula is C22H23ClN4O4S. The van der Waals surface area contributed by atoms with Gasteiger partial charge in [0.15, 0.2) is 5.82 Å². The van der Waals surface area contributed by atoms with Crippen molar-refractivity contribution in [3.05, 3.63) is 71.4 Å². The van der Waals surface area contributed by atoms with Crippen molar-refractivity contribution in [3.8, 4) is 5.69 Å². The molecule has 1 saturated heterocycles. The van der Waals surface area contributed by atoms with Crippen LogP contribution in [-0.4, -0.2) is 53.7 Å². The third kappa shape index (κ3) is 4.71. The molecule has 8 nitrogen and oxygen atoms in total. The minimum Gasteiger partial charge on any atom is -0.373 e. The van der Waals surface area contributed by atoms with E-state index < -0.39 is 15.9 Å². The number of halogens is 1. The van der Waals surface area contributed by atoms with Gasteiger partial charge in [-0.3, -0.25) is 4.79 Å². The van der Waals surface area contributed by atoms with Crippen LogP contribution < -0.4 is 5.32 Å². The van der Waals surface area contributed by atoms with E-state index in [-0.39, 0.29) is 40.8 Å². The Bertz CT molecular complexity index is 1220. The molecule has 1 N–H and O–H groups in total. The second-order valence-corrected chi connectivity index (χ2v) is 9.97. The van der Waals surface area contributed by atoms with Crippen molar-refractivity contribution in [2.24, 2.45) is 0 Å². The Balaban J connectivity index is 1.56. The number of benzene rings is 2. The maximum absolute atomic E-state index is 13.2. The fraction of sp³-hybridized carbons (Fsp3) is 0.273. The molecule has 4 rings (SSSR count). The summed E-state index contributed by atoms with van der Waals surface area (Å²) in [6.45, 7) is 4.07. The number of ether oxygens (including phenoxy) is 1. The number of amides is 1. The van der Waals surface area contributed by atoms with Crippen LogP contribution in [0.3, 0.4) is 0 Å². The lowest BCUT2D eigenvalue weighted by Gasteiger charge is -2.34. The van der Waals surface area contributed by atoms with E-state index in [1.54, 1.807) is 16.9 Å². The molecule has 0 unspecified atom stereocenters. The summed E-state index contributed by atoms with van der Waals surface area (Å²) in [6.07, 6.45) is 1.25. The molecule has 0 radical (unpaired) electrons. The lowest BCUT2D eigenvalue weighted by atomic mass is 10.2. The van der Waals surface area contributed by atoms with E-state index in [2.05, 4.69) is 10.4 Å². The highest BCUT2D eigenvalue weighted by Gasteiger charge is 2.33. The topological polar surface area (TPSA) is 93.5 Å². The molecule has 0 saturated carbocycles. The molecule has 2 atom stereocenters. The molecule has 1 aromatic heterocycles. The van der Waals surface area contributed by atoms with Crippen LogP contribution in [-0.2, 0) is 14.8 Å². The van der Waals surface area contributed by atoms with E-state index in [0.717, 1.165) is 5.69 Å². The first-order chi connectivity index (χ1) is 15.2. The Hall–Kier alpha value is -2.72. The molecule has 1 aliphatic heterocycles. The highest BCUT2D eigenvalue weighted by atomic mass is 35.5. The van der Waals surface area contributed by atoms with E-state index in [4.69, 9.17) is 16.3 Å². The van der Waals surface area contributed by atoms with Crippen LogP contribution in [0.4, 0.5) is 5.82 Å². The van der Waals surface area contributed by atoms with Crippen molar-refractivity contribution < 1.29 is 17.9 Å². The van der Waals surface area contributed by atoms with Gasteiger partial charge in [0.05, 0.1) is 22.9 Å². The molecular weight excluding hydrogens is 452 g/mol. The zero-order chi connectivity index (χ0) is 22.9. The molecule has 0 spiro atoms. The van der Waals surface area contributed by atoms with Gasteiger partial charge >= 0.3 is 0 Å². The number of hydrogen-bond donors (Lipinski definition) is 1. The van der Waals surface area contributed by atoms with E-state index in [0.29, 0.717) is 5.82 Å². The first-order valence-electron chi connectivity index (χ1n) is 10.1. The molecule has 1 fully saturated rings. The number of morpholine rings is 1. The molecule has 1 amide bonds. The third-order valence-corrected chi connectivity index (χ3v) is 7.36. The summed E-state index contributed by atoms with van der Waals surface area (Å²) in [5, 5.41) is 7.10. The van der Waals surface area contributed by atoms with Crippen LogP contribution in [0.25, 0.3) is 5.69 Å². The van der Waals surface area contributed by atoms with Crippen molar-refractivity contribution in [2.45, 2.75) is 31.0 Å². The number of aromatic nitrogens is 2. The largest absolute Gasteiger partial charge is 0.373 e. The van der Waals surface area contributed by atoms with Crippen LogP contribution in [0.5, 0.6) is 0 Å². The molecule has 10 heteroatoms. The van der Waals surface area contributed by atoms with Crippen LogP contribution >= 0.6 is 11.6 Å². The minimum atomic E-state index is -3.90. The van der Waals surface area contributed by atoms with Crippen molar-refractivity contribution in [3.63, 3.8) is 0 Å². The number of carbonyl (C=O) groups is 1. The van der Waals surface area contributed by atoms with Crippen molar-refractivity contribution in [1.82, 2.24) is 14.1 Å². The summed E-state index contributed by atoms with van der Waals surface area (Å²) in [5.41, 5.74) is 1.01. The van der Waals surface area contributed by atoms with Gasteiger partial charge in [0.1, 0.15) is 4.90 Å². The van der Waals surface area contributed by atoms with E-state index in [9.17, 15) is 13.2 Å². The third-order valence-electron chi connectivity index (χ3n) is 5.05. The van der Waals surface area contributed by atoms with E-state index in [1.807, 2.05) is 44.2 Å². The molecule has 0 aliphatic carbocycles. The number of carbonyl (C=O) groups excluding carboxylic acids is 1. The molecule has 3 aromatic rings. The second-order valence-electron chi connectivity index (χ2n) is 7.66. The fourth-order valence-electron chi connectivity index (χ4n) is 3.61. The Kier molecular flexibility index (Phi) is 6.34. The predicted molar refractivity (Wildman–Crippen MR) is 122 cm³/mol. The van der Waals surface area contributed by atoms with Crippen molar-refractivity contribution in [1.29, 1.82) is 0 Å². The SMILES string of the molecule is C[C@@H]1CN(S(=O)(=O)c2cc(C(=O)Nc3ccn(-c4ccccc4)n3)ccc2Cl)C[C@H](C)O1. The van der Waals surface area contributed by atoms with E-state index >= 15 is 0 Å². The van der Waals surface area contributed by atoms with Crippen LogP contribution in [0.1, 0.15) is 24.2 Å². The molecule has 2 heterocycles. The Labute approximate surface area is 191 Å². The smallest absolute Gasteiger partial charge is 0.256 e. The molecule has 0 bridgehead atoms. The summed E-state index contributed by atoms with van der Waals surface area (Å²) in [6, 6.07) is 15.3. The Morgan fingerprint density at radius 1 is 1.09 bits per heavy atom. The number of para-hydroxylation sites is 1. The number of nitrogens with zero attached hydrogens (tertiary/aromatic N) is 3. The van der Waals surface area contributed by atoms with Gasteiger partial charge in [-0.05, 0) is 44.2 Å². The minimum absolute atomic E-state index is 0.0571. The fourth-order valence-corrected chi connectivity index (χ4v) is 5.70. The van der Waals surface area contributed by atoms with E-state index in [1.165, 1.54) is 22.5 Å². The second kappa shape index (κ2) is 9.03. The zero-order valence-electron chi connectivity index (χ0n) is 17.6. The summed E-state index contributed by atoms with van der Waals surface area (Å²) >= 11 is 6.22. The maximum atomic E-state index is 13.2. The Morgan fingerprint density at radius 3 is 2.47 bits per heavy atom. The zero-order valence-corrected chi connectivity index (χ0v) is 19.2. The lowest BCUT2D eigenvalue weighted by molar-refractivity contribution is -0.0440. The number of sulfonamides is 1. The maximum Gasteiger partial charge on any atom is 0.256 e. The standard InChI is InChI=1S/C22H23ClN4O4S/c1-15-13-26(14-16(2)31-15)32(29,30)20-12-17(8-9-19(20)23)22(28)24-21-10-11-27(25-21)18-6-4-3-5-7-18/h3-12,15-16H,13-14H2,1-2H3,(H,24,25,28)/t15-,16+. The van der Waals surface area contributed by atoms with Crippen LogP contribution in [0.2, 0.25) is 5.02 Å². The van der Waals surface area contributed by atoms with Gasteiger partial charge in [-0.1, -0.05) is 29.8 Å². The van der Waals surface area contributed by atoms with Gasteiger partial charge in [0, 0.05) is 30.9 Å². The average Bonchev–Trinajstić information content (AvgIpc) is 3.22. The molecule has 2 aromatic carbocycles. The first kappa shape index (κ1) is 22.5. The number of rotatable bonds is 5. The van der Waals surface area contributed by atoms with Gasteiger partial charge < -0.3 is 10.1 Å². The lowest BCUT2D eigenvalue weighted by Crippen LogP contribution is -2.48. The summed E-state index contributed by atoms with van der Waals surface area (Å²) in [5.74, 6) is -0.144. The Morgan fingerprint density at radius 2 is 1.78 bits per heavy atom.